The van der Waals surface area contributed by atoms with Crippen LogP contribution in [0.1, 0.15) is 32.6 Å². The Morgan fingerprint density at radius 3 is 2.63 bits per heavy atom. The molecule has 1 aromatic rings. The molecule has 4 rings (SSSR count). The van der Waals surface area contributed by atoms with Crippen molar-refractivity contribution in [2.45, 2.75) is 50.9 Å². The highest BCUT2D eigenvalue weighted by atomic mass is 19.1. The third-order valence-corrected chi connectivity index (χ3v) is 6.95. The van der Waals surface area contributed by atoms with E-state index in [4.69, 9.17) is 0 Å². The fourth-order valence-electron chi connectivity index (χ4n) is 5.18. The standard InChI is InChI=1S/C21H33FN4O/c1-16-15-26(19-4-2-17(22)3-5-19)13-12-25(16)11-6-18-14-21(20(27)24-18)7-9-23-10-8-21/h2-5,16,18,20,23-24,27H,6-15H2,1H3/t16-,18-,20?/m0/s1. The van der Waals surface area contributed by atoms with E-state index >= 15 is 0 Å². The van der Waals surface area contributed by atoms with Gasteiger partial charge in [-0.2, -0.15) is 0 Å². The van der Waals surface area contributed by atoms with Gasteiger partial charge in [0.05, 0.1) is 0 Å². The molecule has 1 aromatic carbocycles. The molecule has 0 aromatic heterocycles. The summed E-state index contributed by atoms with van der Waals surface area (Å²) in [6.45, 7) is 8.37. The summed E-state index contributed by atoms with van der Waals surface area (Å²) in [5.41, 5.74) is 1.19. The largest absolute Gasteiger partial charge is 0.378 e. The molecule has 1 spiro atoms. The van der Waals surface area contributed by atoms with Crippen molar-refractivity contribution in [1.82, 2.24) is 15.5 Å². The van der Waals surface area contributed by atoms with E-state index in [1.807, 2.05) is 12.1 Å². The van der Waals surface area contributed by atoms with Gasteiger partial charge in [-0.3, -0.25) is 10.2 Å². The van der Waals surface area contributed by atoms with Crippen molar-refractivity contribution in [3.05, 3.63) is 30.1 Å². The molecular formula is C21H33FN4O. The molecule has 3 heterocycles. The Hall–Kier alpha value is -1.21. The Morgan fingerprint density at radius 2 is 1.93 bits per heavy atom. The van der Waals surface area contributed by atoms with Crippen molar-refractivity contribution in [2.24, 2.45) is 5.41 Å². The van der Waals surface area contributed by atoms with Gasteiger partial charge in [-0.25, -0.2) is 4.39 Å². The van der Waals surface area contributed by atoms with Crippen molar-refractivity contribution in [1.29, 1.82) is 0 Å². The van der Waals surface area contributed by atoms with Crippen LogP contribution in [-0.4, -0.2) is 67.6 Å². The second kappa shape index (κ2) is 8.03. The summed E-state index contributed by atoms with van der Waals surface area (Å²) in [6.07, 6.45) is 3.99. The number of hydrogen-bond acceptors (Lipinski definition) is 5. The summed E-state index contributed by atoms with van der Waals surface area (Å²) in [5.74, 6) is -0.178. The molecule has 0 amide bonds. The third kappa shape index (κ3) is 4.14. The molecule has 5 nitrogen and oxygen atoms in total. The van der Waals surface area contributed by atoms with Crippen LogP contribution in [0.15, 0.2) is 24.3 Å². The quantitative estimate of drug-likeness (QED) is 0.748. The van der Waals surface area contributed by atoms with Gasteiger partial charge in [0, 0.05) is 49.4 Å². The van der Waals surface area contributed by atoms with Crippen molar-refractivity contribution < 1.29 is 9.50 Å². The predicted octanol–water partition coefficient (Wildman–Crippen LogP) is 1.78. The second-order valence-electron chi connectivity index (χ2n) is 8.68. The van der Waals surface area contributed by atoms with Crippen molar-refractivity contribution in [3.63, 3.8) is 0 Å². The molecule has 0 radical (unpaired) electrons. The first-order valence-electron chi connectivity index (χ1n) is 10.5. The Balaban J connectivity index is 1.27. The van der Waals surface area contributed by atoms with Gasteiger partial charge in [-0.15, -0.1) is 0 Å². The number of aliphatic hydroxyl groups is 1. The van der Waals surface area contributed by atoms with Crippen molar-refractivity contribution >= 4 is 5.69 Å². The van der Waals surface area contributed by atoms with E-state index in [-0.39, 0.29) is 17.5 Å². The fraction of sp³-hybridized carbons (Fsp3) is 0.714. The first kappa shape index (κ1) is 19.1. The summed E-state index contributed by atoms with van der Waals surface area (Å²) in [6, 6.07) is 7.73. The zero-order valence-corrected chi connectivity index (χ0v) is 16.3. The number of nitrogens with zero attached hydrogens (tertiary/aromatic N) is 2. The highest BCUT2D eigenvalue weighted by molar-refractivity contribution is 5.46. The second-order valence-corrected chi connectivity index (χ2v) is 8.68. The van der Waals surface area contributed by atoms with Gasteiger partial charge in [0.1, 0.15) is 12.0 Å². The summed E-state index contributed by atoms with van der Waals surface area (Å²) in [7, 11) is 0. The number of piperidine rings is 1. The van der Waals surface area contributed by atoms with Crippen LogP contribution < -0.4 is 15.5 Å². The van der Waals surface area contributed by atoms with Crippen LogP contribution in [0.4, 0.5) is 10.1 Å². The minimum absolute atomic E-state index is 0.0861. The number of piperazine rings is 1. The molecule has 1 unspecified atom stereocenters. The number of aliphatic hydroxyl groups excluding tert-OH is 1. The maximum atomic E-state index is 13.1. The highest BCUT2D eigenvalue weighted by Crippen LogP contribution is 2.41. The maximum absolute atomic E-state index is 13.1. The van der Waals surface area contributed by atoms with Gasteiger partial charge in [-0.05, 0) is 70.0 Å². The third-order valence-electron chi connectivity index (χ3n) is 6.95. The summed E-state index contributed by atoms with van der Waals surface area (Å²) < 4.78 is 13.1. The Bertz CT molecular complexity index is 619. The molecule has 3 fully saturated rings. The molecule has 3 aliphatic rings. The van der Waals surface area contributed by atoms with Crippen LogP contribution in [0.2, 0.25) is 0 Å². The van der Waals surface area contributed by atoms with Gasteiger partial charge >= 0.3 is 0 Å². The minimum Gasteiger partial charge on any atom is -0.378 e. The van der Waals surface area contributed by atoms with Crippen LogP contribution in [0.3, 0.4) is 0 Å². The molecule has 0 bridgehead atoms. The molecule has 150 valence electrons. The van der Waals surface area contributed by atoms with Crippen LogP contribution in [0.25, 0.3) is 0 Å². The molecule has 0 saturated carbocycles. The lowest BCUT2D eigenvalue weighted by molar-refractivity contribution is 0.0152. The molecule has 3 atom stereocenters. The minimum atomic E-state index is -0.350. The van der Waals surface area contributed by atoms with E-state index in [9.17, 15) is 9.50 Å². The summed E-state index contributed by atoms with van der Waals surface area (Å²) in [5, 5.41) is 17.4. The lowest BCUT2D eigenvalue weighted by atomic mass is 9.75. The Morgan fingerprint density at radius 1 is 1.19 bits per heavy atom. The smallest absolute Gasteiger partial charge is 0.123 e. The van der Waals surface area contributed by atoms with Gasteiger partial charge in [0.2, 0.25) is 0 Å². The Kier molecular flexibility index (Phi) is 5.69. The van der Waals surface area contributed by atoms with E-state index in [0.29, 0.717) is 12.1 Å². The highest BCUT2D eigenvalue weighted by Gasteiger charge is 2.46. The molecule has 6 heteroatoms. The van der Waals surface area contributed by atoms with Gasteiger partial charge in [-0.1, -0.05) is 0 Å². The van der Waals surface area contributed by atoms with E-state index < -0.39 is 0 Å². The molecular weight excluding hydrogens is 343 g/mol. The maximum Gasteiger partial charge on any atom is 0.123 e. The van der Waals surface area contributed by atoms with Crippen LogP contribution >= 0.6 is 0 Å². The van der Waals surface area contributed by atoms with Crippen LogP contribution in [0.5, 0.6) is 0 Å². The molecule has 27 heavy (non-hydrogen) atoms. The van der Waals surface area contributed by atoms with E-state index in [1.54, 1.807) is 12.1 Å². The molecule has 0 aliphatic carbocycles. The number of rotatable bonds is 4. The lowest BCUT2D eigenvalue weighted by Crippen LogP contribution is -2.52. The monoisotopic (exact) mass is 376 g/mol. The van der Waals surface area contributed by atoms with Crippen LogP contribution in [-0.2, 0) is 0 Å². The normalized spacial score (nSPS) is 31.5. The number of hydrogen-bond donors (Lipinski definition) is 3. The number of halogens is 1. The first-order chi connectivity index (χ1) is 13.1. The summed E-state index contributed by atoms with van der Waals surface area (Å²) in [4.78, 5) is 4.91. The SMILES string of the molecule is C[C@H]1CN(c2ccc(F)cc2)CCN1CC[C@H]1CC2(CCNCC2)C(O)N1. The predicted molar refractivity (Wildman–Crippen MR) is 106 cm³/mol. The molecule has 3 aliphatic heterocycles. The molecule has 3 N–H and O–H groups in total. The average Bonchev–Trinajstić information content (AvgIpc) is 2.97. The van der Waals surface area contributed by atoms with Crippen molar-refractivity contribution in [2.75, 3.05) is 44.2 Å². The Labute approximate surface area is 161 Å². The average molecular weight is 377 g/mol. The van der Waals surface area contributed by atoms with E-state index in [1.165, 1.54) is 0 Å². The number of anilines is 1. The topological polar surface area (TPSA) is 50.8 Å². The van der Waals surface area contributed by atoms with Gasteiger partial charge in [0.25, 0.3) is 0 Å². The van der Waals surface area contributed by atoms with Crippen LogP contribution in [0, 0.1) is 11.2 Å². The van der Waals surface area contributed by atoms with Crippen molar-refractivity contribution in [3.8, 4) is 0 Å². The first-order valence-corrected chi connectivity index (χ1v) is 10.5. The zero-order valence-electron chi connectivity index (χ0n) is 16.3. The van der Waals surface area contributed by atoms with E-state index in [0.717, 1.165) is 70.6 Å². The summed E-state index contributed by atoms with van der Waals surface area (Å²) >= 11 is 0. The fourth-order valence-corrected chi connectivity index (χ4v) is 5.18. The molecule has 3 saturated heterocycles. The number of nitrogens with one attached hydrogen (secondary N) is 2. The number of benzene rings is 1. The van der Waals surface area contributed by atoms with E-state index in [2.05, 4.69) is 27.4 Å². The van der Waals surface area contributed by atoms with Gasteiger partial charge in [0.15, 0.2) is 0 Å². The zero-order chi connectivity index (χ0) is 18.9. The van der Waals surface area contributed by atoms with Gasteiger partial charge < -0.3 is 15.3 Å². The lowest BCUT2D eigenvalue weighted by Gasteiger charge is -2.41.